The zero-order valence-corrected chi connectivity index (χ0v) is 21.2. The molecular weight excluding hydrogens is 494 g/mol. The van der Waals surface area contributed by atoms with E-state index in [4.69, 9.17) is 25.8 Å². The van der Waals surface area contributed by atoms with Gasteiger partial charge < -0.3 is 24.2 Å². The zero-order chi connectivity index (χ0) is 25.9. The van der Waals surface area contributed by atoms with Crippen LogP contribution in [0.25, 0.3) is 11.3 Å². The third-order valence-corrected chi connectivity index (χ3v) is 6.59. The summed E-state index contributed by atoms with van der Waals surface area (Å²) in [7, 11) is 3.17. The summed E-state index contributed by atoms with van der Waals surface area (Å²) < 4.78 is 17.0. The van der Waals surface area contributed by atoms with Gasteiger partial charge in [0.2, 0.25) is 0 Å². The van der Waals surface area contributed by atoms with Crippen molar-refractivity contribution in [2.75, 3.05) is 27.4 Å². The van der Waals surface area contributed by atoms with Gasteiger partial charge in [-0.2, -0.15) is 5.10 Å². The van der Waals surface area contributed by atoms with Crippen molar-refractivity contribution in [3.05, 3.63) is 94.1 Å². The number of aromatic hydroxyl groups is 1. The first-order valence-electron chi connectivity index (χ1n) is 11.7. The van der Waals surface area contributed by atoms with E-state index in [9.17, 15) is 9.90 Å². The molecule has 37 heavy (non-hydrogen) atoms. The van der Waals surface area contributed by atoms with Crippen LogP contribution in [0, 0.1) is 0 Å². The van der Waals surface area contributed by atoms with Crippen molar-refractivity contribution in [2.45, 2.75) is 12.6 Å². The van der Waals surface area contributed by atoms with E-state index in [1.54, 1.807) is 31.3 Å². The number of aromatic amines is 1. The molecule has 0 spiro atoms. The van der Waals surface area contributed by atoms with E-state index >= 15 is 0 Å². The highest BCUT2D eigenvalue weighted by molar-refractivity contribution is 6.31. The molecule has 0 bridgehead atoms. The van der Waals surface area contributed by atoms with Crippen LogP contribution in [-0.2, 0) is 11.3 Å². The summed E-state index contributed by atoms with van der Waals surface area (Å²) in [6.07, 6.45) is 0. The number of phenols is 1. The highest BCUT2D eigenvalue weighted by atomic mass is 35.5. The van der Waals surface area contributed by atoms with Crippen LogP contribution in [-0.4, -0.2) is 53.5 Å². The third kappa shape index (κ3) is 4.73. The van der Waals surface area contributed by atoms with Crippen molar-refractivity contribution in [1.82, 2.24) is 15.1 Å². The van der Waals surface area contributed by atoms with Gasteiger partial charge in [0.1, 0.15) is 23.7 Å². The van der Waals surface area contributed by atoms with Gasteiger partial charge >= 0.3 is 0 Å². The molecule has 1 aliphatic heterocycles. The number of fused-ring (bicyclic) bond motifs is 1. The summed E-state index contributed by atoms with van der Waals surface area (Å²) in [5.74, 6) is 0.933. The molecule has 0 saturated carbocycles. The van der Waals surface area contributed by atoms with Gasteiger partial charge in [0.15, 0.2) is 11.5 Å². The van der Waals surface area contributed by atoms with Crippen LogP contribution in [0.2, 0.25) is 5.02 Å². The monoisotopic (exact) mass is 519 g/mol. The van der Waals surface area contributed by atoms with Crippen LogP contribution < -0.4 is 9.47 Å². The number of rotatable bonds is 9. The Bertz CT molecular complexity index is 1420. The van der Waals surface area contributed by atoms with Gasteiger partial charge in [-0.05, 0) is 41.5 Å². The smallest absolute Gasteiger partial charge is 0.273 e. The largest absolute Gasteiger partial charge is 0.507 e. The van der Waals surface area contributed by atoms with Gasteiger partial charge in [0, 0.05) is 29.8 Å². The molecule has 4 aromatic rings. The Labute approximate surface area is 219 Å². The number of methoxy groups -OCH3 is 2. The fourth-order valence-corrected chi connectivity index (χ4v) is 4.75. The lowest BCUT2D eigenvalue weighted by molar-refractivity contribution is 0.0677. The summed E-state index contributed by atoms with van der Waals surface area (Å²) in [5, 5.41) is 18.3. The summed E-state index contributed by atoms with van der Waals surface area (Å²) in [6, 6.07) is 19.7. The molecule has 1 aromatic heterocycles. The molecule has 0 radical (unpaired) electrons. The van der Waals surface area contributed by atoms with Gasteiger partial charge in [0.25, 0.3) is 5.91 Å². The van der Waals surface area contributed by atoms with Crippen LogP contribution in [0.15, 0.2) is 66.7 Å². The van der Waals surface area contributed by atoms with E-state index in [-0.39, 0.29) is 11.7 Å². The topological polar surface area (TPSA) is 96.9 Å². The number of halogens is 1. The second-order valence-electron chi connectivity index (χ2n) is 8.60. The predicted octanol–water partition coefficient (Wildman–Crippen LogP) is 5.21. The lowest BCUT2D eigenvalue weighted by Crippen LogP contribution is -2.32. The molecule has 1 atom stereocenters. The minimum Gasteiger partial charge on any atom is -0.507 e. The van der Waals surface area contributed by atoms with E-state index in [2.05, 4.69) is 10.2 Å². The number of nitrogens with one attached hydrogen (secondary N) is 1. The Morgan fingerprint density at radius 2 is 1.86 bits per heavy atom. The summed E-state index contributed by atoms with van der Waals surface area (Å²) >= 11 is 6.22. The molecule has 8 nitrogen and oxygen atoms in total. The molecular formula is C28H26ClN3O5. The number of hydrogen-bond acceptors (Lipinski definition) is 6. The number of amides is 1. The first-order valence-corrected chi connectivity index (χ1v) is 12.1. The molecule has 0 aliphatic carbocycles. The quantitative estimate of drug-likeness (QED) is 0.315. The third-order valence-electron chi connectivity index (χ3n) is 6.35. The molecule has 9 heteroatoms. The van der Waals surface area contributed by atoms with Crippen molar-refractivity contribution in [3.63, 3.8) is 0 Å². The fourth-order valence-electron chi connectivity index (χ4n) is 4.58. The summed E-state index contributed by atoms with van der Waals surface area (Å²) in [4.78, 5) is 15.1. The number of aromatic nitrogens is 2. The minimum atomic E-state index is -0.498. The van der Waals surface area contributed by atoms with Crippen LogP contribution >= 0.6 is 11.6 Å². The molecule has 2 heterocycles. The Kier molecular flexibility index (Phi) is 7.03. The maximum atomic E-state index is 13.4. The second kappa shape index (κ2) is 10.5. The van der Waals surface area contributed by atoms with Crippen LogP contribution in [0.1, 0.15) is 33.2 Å². The van der Waals surface area contributed by atoms with Crippen LogP contribution in [0.5, 0.6) is 17.2 Å². The summed E-state index contributed by atoms with van der Waals surface area (Å²) in [5.41, 5.74) is 3.74. The predicted molar refractivity (Wildman–Crippen MR) is 139 cm³/mol. The maximum absolute atomic E-state index is 13.4. The van der Waals surface area contributed by atoms with Gasteiger partial charge in [-0.15, -0.1) is 0 Å². The lowest BCUT2D eigenvalue weighted by atomic mass is 9.95. The molecule has 2 N–H and O–H groups in total. The van der Waals surface area contributed by atoms with Gasteiger partial charge in [-0.25, -0.2) is 0 Å². The van der Waals surface area contributed by atoms with Crippen LogP contribution in [0.4, 0.5) is 0 Å². The standard InChI is InChI=1S/C28H26ClN3O5/c1-35-13-12-32-27(18-8-11-22(23(14-18)36-2)37-16-17-6-4-3-5-7-17)24-25(30-31-26(24)28(32)34)20-15-19(29)9-10-21(20)33/h3-11,14-15,27,33H,12-13,16H2,1-2H3,(H,30,31). The first-order chi connectivity index (χ1) is 18.0. The van der Waals surface area contributed by atoms with E-state index in [0.29, 0.717) is 58.8 Å². The number of carbonyl (C=O) groups is 1. The molecule has 1 unspecified atom stereocenters. The van der Waals surface area contributed by atoms with E-state index < -0.39 is 6.04 Å². The van der Waals surface area contributed by atoms with Gasteiger partial charge in [-0.3, -0.25) is 9.89 Å². The SMILES string of the molecule is COCCN1C(=O)c2[nH]nc(-c3cc(Cl)ccc3O)c2C1c1ccc(OCc2ccccc2)c(OC)c1. The second-order valence-corrected chi connectivity index (χ2v) is 9.04. The molecule has 1 amide bonds. The van der Waals surface area contributed by atoms with E-state index in [1.807, 2.05) is 48.5 Å². The Balaban J connectivity index is 1.56. The minimum absolute atomic E-state index is 0.0162. The number of H-pyrrole nitrogens is 1. The Hall–Kier alpha value is -4.01. The average molecular weight is 520 g/mol. The first kappa shape index (κ1) is 24.7. The Morgan fingerprint density at radius 1 is 1.05 bits per heavy atom. The van der Waals surface area contributed by atoms with Crippen LogP contribution in [0.3, 0.4) is 0 Å². The lowest BCUT2D eigenvalue weighted by Gasteiger charge is -2.26. The maximum Gasteiger partial charge on any atom is 0.273 e. The Morgan fingerprint density at radius 3 is 2.62 bits per heavy atom. The van der Waals surface area contributed by atoms with Gasteiger partial charge in [0.05, 0.1) is 19.8 Å². The van der Waals surface area contributed by atoms with Crippen molar-refractivity contribution in [3.8, 4) is 28.5 Å². The van der Waals surface area contributed by atoms with Crippen molar-refractivity contribution in [1.29, 1.82) is 0 Å². The number of phenolic OH excluding ortho intramolecular Hbond substituents is 1. The number of ether oxygens (including phenoxy) is 3. The molecule has 3 aromatic carbocycles. The normalized spacial score (nSPS) is 14.6. The fraction of sp³-hybridized carbons (Fsp3) is 0.214. The number of hydrogen-bond donors (Lipinski definition) is 2. The molecule has 5 rings (SSSR count). The molecule has 0 fully saturated rings. The van der Waals surface area contributed by atoms with Gasteiger partial charge in [-0.1, -0.05) is 48.0 Å². The average Bonchev–Trinajstić information content (AvgIpc) is 3.46. The number of benzene rings is 3. The zero-order valence-electron chi connectivity index (χ0n) is 20.4. The van der Waals surface area contributed by atoms with E-state index in [0.717, 1.165) is 11.1 Å². The van der Waals surface area contributed by atoms with Crippen molar-refractivity contribution < 1.29 is 24.1 Å². The highest BCUT2D eigenvalue weighted by Gasteiger charge is 2.42. The molecule has 0 saturated heterocycles. The molecule has 190 valence electrons. The summed E-state index contributed by atoms with van der Waals surface area (Å²) in [6.45, 7) is 1.10. The number of carbonyl (C=O) groups excluding carboxylic acids is 1. The van der Waals surface area contributed by atoms with Crippen molar-refractivity contribution in [2.24, 2.45) is 0 Å². The van der Waals surface area contributed by atoms with E-state index in [1.165, 1.54) is 6.07 Å². The number of nitrogens with zero attached hydrogens (tertiary/aromatic N) is 2. The molecule has 1 aliphatic rings. The highest BCUT2D eigenvalue weighted by Crippen LogP contribution is 2.46. The van der Waals surface area contributed by atoms with Crippen molar-refractivity contribution >= 4 is 17.5 Å².